The number of nitrogens with one attached hydrogen (secondary N) is 1. The van der Waals surface area contributed by atoms with E-state index in [2.05, 4.69) is 19.1 Å². The predicted octanol–water partition coefficient (Wildman–Crippen LogP) is 5.75. The van der Waals surface area contributed by atoms with Gasteiger partial charge in [-0.05, 0) is 32.1 Å². The van der Waals surface area contributed by atoms with Gasteiger partial charge in [0.15, 0.2) is 0 Å². The lowest BCUT2D eigenvalue weighted by molar-refractivity contribution is -0.870. The maximum absolute atomic E-state index is 13.9. The summed E-state index contributed by atoms with van der Waals surface area (Å²) >= 11 is 0. The number of hydrogen-bond donors (Lipinski definition) is 2. The zero-order chi connectivity index (χ0) is 34.0. The Hall–Kier alpha value is -2.15. The normalized spacial score (nSPS) is 19.9. The number of nitrogens with zero attached hydrogens (tertiary/aromatic N) is 2. The Kier molecular flexibility index (Phi) is 18.2. The average Bonchev–Trinajstić information content (AvgIpc) is 3.37. The van der Waals surface area contributed by atoms with Crippen LogP contribution in [0.1, 0.15) is 109 Å². The smallest absolute Gasteiger partial charge is 0.459 e. The Morgan fingerprint density at radius 2 is 1.65 bits per heavy atom. The Labute approximate surface area is 272 Å². The number of unbranched alkanes of at least 4 members (excludes halogenated alkanes) is 11. The highest BCUT2D eigenvalue weighted by Crippen LogP contribution is 2.44. The summed E-state index contributed by atoms with van der Waals surface area (Å²) in [6.45, 7) is 2.16. The maximum Gasteiger partial charge on any atom is 0.472 e. The zero-order valence-electron chi connectivity index (χ0n) is 28.1. The molecule has 0 radical (unpaired) electrons. The van der Waals surface area contributed by atoms with Crippen LogP contribution in [0, 0.1) is 5.82 Å². The van der Waals surface area contributed by atoms with Gasteiger partial charge in [-0.25, -0.2) is 9.36 Å². The second-order valence-corrected chi connectivity index (χ2v) is 14.4. The predicted molar refractivity (Wildman–Crippen MR) is 174 cm³/mol. The number of allylic oxidation sites excluding steroid dienone is 2. The third kappa shape index (κ3) is 16.6. The molecule has 1 saturated heterocycles. The summed E-state index contributed by atoms with van der Waals surface area (Å²) in [4.78, 5) is 48.5. The van der Waals surface area contributed by atoms with Gasteiger partial charge in [-0.2, -0.15) is 4.39 Å². The van der Waals surface area contributed by atoms with Crippen LogP contribution < -0.4 is 11.2 Å². The molecule has 0 aromatic carbocycles. The molecule has 14 heteroatoms. The number of quaternary nitrogens is 1. The van der Waals surface area contributed by atoms with E-state index in [4.69, 9.17) is 18.5 Å². The number of aromatic nitrogens is 2. The number of esters is 1. The number of ether oxygens (including phenoxy) is 2. The fourth-order valence-corrected chi connectivity index (χ4v) is 5.74. The molecule has 1 aliphatic heterocycles. The number of rotatable bonds is 24. The van der Waals surface area contributed by atoms with Gasteiger partial charge in [0.2, 0.25) is 5.82 Å². The lowest BCUT2D eigenvalue weighted by atomic mass is 10.1. The summed E-state index contributed by atoms with van der Waals surface area (Å²) in [5, 5.41) is 0. The SMILES string of the molecule is CCCCCCCC/C=C/CCCCCCCC(=O)O[C@H]1C[C@H](n2cc(F)c(=O)[nH]c2=O)O[C@@H]1COP(=O)(O)OCC[N+](C)(C)C. The van der Waals surface area contributed by atoms with Crippen molar-refractivity contribution in [2.24, 2.45) is 0 Å². The van der Waals surface area contributed by atoms with Gasteiger partial charge in [0.25, 0.3) is 5.56 Å². The number of phosphoric acid groups is 1. The van der Waals surface area contributed by atoms with Gasteiger partial charge in [0.1, 0.15) is 31.6 Å². The van der Waals surface area contributed by atoms with Crippen molar-refractivity contribution >= 4 is 13.8 Å². The van der Waals surface area contributed by atoms with Crippen molar-refractivity contribution in [2.75, 3.05) is 40.9 Å². The van der Waals surface area contributed by atoms with Crippen LogP contribution in [0.4, 0.5) is 4.39 Å². The van der Waals surface area contributed by atoms with E-state index >= 15 is 0 Å². The highest BCUT2D eigenvalue weighted by Gasteiger charge is 2.41. The Bertz CT molecular complexity index is 1230. The molecule has 1 fully saturated rings. The average molecular weight is 677 g/mol. The van der Waals surface area contributed by atoms with Crippen molar-refractivity contribution < 1.29 is 41.6 Å². The van der Waals surface area contributed by atoms with Gasteiger partial charge in [-0.15, -0.1) is 0 Å². The molecule has 0 amide bonds. The van der Waals surface area contributed by atoms with Gasteiger partial charge < -0.3 is 18.9 Å². The lowest BCUT2D eigenvalue weighted by Crippen LogP contribution is -2.37. The third-order valence-corrected chi connectivity index (χ3v) is 8.74. The van der Waals surface area contributed by atoms with Crippen LogP contribution in [0.2, 0.25) is 0 Å². The molecule has 1 aromatic rings. The topological polar surface area (TPSA) is 146 Å². The minimum Gasteiger partial charge on any atom is -0.459 e. The highest BCUT2D eigenvalue weighted by atomic mass is 31.2. The van der Waals surface area contributed by atoms with Gasteiger partial charge >= 0.3 is 19.5 Å². The summed E-state index contributed by atoms with van der Waals surface area (Å²) in [6.07, 6.45) is 17.0. The van der Waals surface area contributed by atoms with E-state index < -0.39 is 55.9 Å². The first kappa shape index (κ1) is 40.0. The van der Waals surface area contributed by atoms with Crippen LogP contribution in [-0.4, -0.2) is 78.0 Å². The monoisotopic (exact) mass is 676 g/mol. The highest BCUT2D eigenvalue weighted by molar-refractivity contribution is 7.47. The largest absolute Gasteiger partial charge is 0.472 e. The van der Waals surface area contributed by atoms with E-state index in [0.29, 0.717) is 23.6 Å². The molecular weight excluding hydrogens is 620 g/mol. The Morgan fingerprint density at radius 1 is 1.04 bits per heavy atom. The fourth-order valence-electron chi connectivity index (χ4n) is 5.02. The summed E-state index contributed by atoms with van der Waals surface area (Å²) in [5.41, 5.74) is -2.08. The van der Waals surface area contributed by atoms with Crippen molar-refractivity contribution in [1.82, 2.24) is 9.55 Å². The molecule has 12 nitrogen and oxygen atoms in total. The van der Waals surface area contributed by atoms with Crippen molar-refractivity contribution in [1.29, 1.82) is 0 Å². The zero-order valence-corrected chi connectivity index (χ0v) is 29.0. The molecule has 1 aromatic heterocycles. The third-order valence-electron chi connectivity index (χ3n) is 7.76. The molecule has 264 valence electrons. The molecule has 46 heavy (non-hydrogen) atoms. The lowest BCUT2D eigenvalue weighted by Gasteiger charge is -2.24. The molecule has 2 heterocycles. The second-order valence-electron chi connectivity index (χ2n) is 13.0. The van der Waals surface area contributed by atoms with E-state index in [1.807, 2.05) is 26.1 Å². The number of halogens is 1. The second kappa shape index (κ2) is 21.0. The first-order chi connectivity index (χ1) is 21.8. The fraction of sp³-hybridized carbons (Fsp3) is 0.781. The van der Waals surface area contributed by atoms with Gasteiger partial charge in [-0.1, -0.05) is 70.4 Å². The summed E-state index contributed by atoms with van der Waals surface area (Å²) in [5.74, 6) is -1.67. The number of carbonyl (C=O) groups excluding carboxylic acids is 1. The maximum atomic E-state index is 13.9. The van der Waals surface area contributed by atoms with Crippen LogP contribution in [0.3, 0.4) is 0 Å². The molecule has 1 unspecified atom stereocenters. The van der Waals surface area contributed by atoms with E-state index in [9.17, 15) is 28.2 Å². The Morgan fingerprint density at radius 3 is 2.28 bits per heavy atom. The van der Waals surface area contributed by atoms with Crippen molar-refractivity contribution in [3.8, 4) is 0 Å². The first-order valence-corrected chi connectivity index (χ1v) is 18.2. The first-order valence-electron chi connectivity index (χ1n) is 16.7. The van der Waals surface area contributed by atoms with Crippen LogP contribution in [0.15, 0.2) is 27.9 Å². The van der Waals surface area contributed by atoms with Crippen molar-refractivity contribution in [3.63, 3.8) is 0 Å². The van der Waals surface area contributed by atoms with E-state index in [1.165, 1.54) is 38.5 Å². The van der Waals surface area contributed by atoms with Gasteiger partial charge in [0.05, 0.1) is 33.9 Å². The van der Waals surface area contributed by atoms with E-state index in [1.54, 1.807) is 0 Å². The quantitative estimate of drug-likeness (QED) is 0.0459. The number of carbonyl (C=O) groups is 1. The molecule has 2 rings (SSSR count). The van der Waals surface area contributed by atoms with E-state index in [-0.39, 0.29) is 19.4 Å². The van der Waals surface area contributed by atoms with E-state index in [0.717, 1.165) is 43.1 Å². The molecule has 0 bridgehead atoms. The molecule has 0 aliphatic carbocycles. The number of likely N-dealkylation sites (N-methyl/N-ethyl adjacent to an activating group) is 1. The molecule has 0 saturated carbocycles. The summed E-state index contributed by atoms with van der Waals surface area (Å²) in [6, 6.07) is 0. The molecule has 2 N–H and O–H groups in total. The molecule has 4 atom stereocenters. The van der Waals surface area contributed by atoms with Crippen molar-refractivity contribution in [2.45, 2.75) is 122 Å². The van der Waals surface area contributed by atoms with Crippen LogP contribution >= 0.6 is 7.82 Å². The molecular formula is C32H56FN3O9P+. The van der Waals surface area contributed by atoms with Gasteiger partial charge in [-0.3, -0.25) is 28.2 Å². The minimum absolute atomic E-state index is 0.0359. The molecule has 0 spiro atoms. The van der Waals surface area contributed by atoms with Crippen LogP contribution in [0.5, 0.6) is 0 Å². The van der Waals surface area contributed by atoms with Crippen molar-refractivity contribution in [3.05, 3.63) is 45.0 Å². The molecule has 1 aliphatic rings. The Balaban J connectivity index is 1.79. The number of hydrogen-bond acceptors (Lipinski definition) is 8. The number of phosphoric ester groups is 1. The summed E-state index contributed by atoms with van der Waals surface area (Å²) in [7, 11) is 1.23. The standard InChI is InChI=1S/C32H55FN3O9P/c1-5-6-7-8-9-10-11-12-13-14-15-16-17-18-19-20-30(37)45-27-23-29(35-24-26(33)31(38)34-32(35)39)44-28(27)25-43-46(40,41)42-22-21-36(2,3)4/h12-13,24,27-29H,5-11,14-23,25H2,1-4H3,(H-,34,38,39,40,41)/p+1/b13-12+/t27-,28+,29+/m0/s1. The number of aromatic amines is 1. The van der Waals surface area contributed by atoms with Crippen LogP contribution in [-0.2, 0) is 27.9 Å². The number of H-pyrrole nitrogens is 1. The minimum atomic E-state index is -4.46. The van der Waals surface area contributed by atoms with Crippen LogP contribution in [0.25, 0.3) is 0 Å². The van der Waals surface area contributed by atoms with Gasteiger partial charge in [0, 0.05) is 12.8 Å². The summed E-state index contributed by atoms with van der Waals surface area (Å²) < 4.78 is 49.3.